The lowest BCUT2D eigenvalue weighted by atomic mass is 10.1. The van der Waals surface area contributed by atoms with Crippen molar-refractivity contribution >= 4 is 17.7 Å². The van der Waals surface area contributed by atoms with Crippen molar-refractivity contribution in [3.63, 3.8) is 0 Å². The van der Waals surface area contributed by atoms with Gasteiger partial charge in [0.2, 0.25) is 5.91 Å². The number of aromatic nitrogens is 3. The summed E-state index contributed by atoms with van der Waals surface area (Å²) >= 11 is 1.50. The van der Waals surface area contributed by atoms with Crippen LogP contribution in [0.15, 0.2) is 59.8 Å². The molecular weight excluding hydrogens is 396 g/mol. The largest absolute Gasteiger partial charge is 0.494 e. The lowest BCUT2D eigenvalue weighted by Gasteiger charge is -2.15. The Morgan fingerprint density at radius 3 is 2.67 bits per heavy atom. The highest BCUT2D eigenvalue weighted by Gasteiger charge is 2.25. The molecule has 7 heteroatoms. The summed E-state index contributed by atoms with van der Waals surface area (Å²) in [6.07, 6.45) is 3.57. The van der Waals surface area contributed by atoms with E-state index in [1.165, 1.54) is 17.3 Å². The van der Waals surface area contributed by atoms with Gasteiger partial charge in [0, 0.05) is 18.7 Å². The predicted molar refractivity (Wildman–Crippen MR) is 118 cm³/mol. The van der Waals surface area contributed by atoms with Crippen LogP contribution >= 0.6 is 11.8 Å². The van der Waals surface area contributed by atoms with Crippen LogP contribution in [0.5, 0.6) is 5.75 Å². The van der Waals surface area contributed by atoms with Gasteiger partial charge in [-0.25, -0.2) is 0 Å². The molecule has 0 bridgehead atoms. The van der Waals surface area contributed by atoms with E-state index < -0.39 is 0 Å². The molecule has 2 aromatic carbocycles. The van der Waals surface area contributed by atoms with Gasteiger partial charge in [-0.1, -0.05) is 48.5 Å². The minimum absolute atomic E-state index is 0.0864. The van der Waals surface area contributed by atoms with Gasteiger partial charge in [0.1, 0.15) is 11.6 Å². The number of carbonyl (C=O) groups excluding carboxylic acids is 1. The van der Waals surface area contributed by atoms with Crippen molar-refractivity contribution in [2.45, 2.75) is 43.0 Å². The van der Waals surface area contributed by atoms with Crippen LogP contribution in [0, 0.1) is 0 Å². The summed E-state index contributed by atoms with van der Waals surface area (Å²) in [7, 11) is 0. The molecule has 0 spiro atoms. The predicted octanol–water partition coefficient (Wildman–Crippen LogP) is 4.02. The maximum atomic E-state index is 12.5. The Morgan fingerprint density at radius 1 is 1.10 bits per heavy atom. The molecule has 3 aromatic rings. The fourth-order valence-corrected chi connectivity index (χ4v) is 4.67. The van der Waals surface area contributed by atoms with E-state index in [1.807, 2.05) is 49.4 Å². The standard InChI is InChI=1S/C23H26N4O2S/c1-2-29-19-13-11-18(12-14-19)27-21(16-17-8-4-3-5-9-17)25-26-23(27)30-20-10-6-7-15-24-22(20)28/h3-5,8-9,11-14,20H,2,6-7,10,15-16H2,1H3,(H,24,28)/t20-/m1/s1. The van der Waals surface area contributed by atoms with Crippen molar-refractivity contribution in [3.8, 4) is 11.4 Å². The number of nitrogens with zero attached hydrogens (tertiary/aromatic N) is 3. The van der Waals surface area contributed by atoms with Gasteiger partial charge < -0.3 is 10.1 Å². The Morgan fingerprint density at radius 2 is 1.90 bits per heavy atom. The van der Waals surface area contributed by atoms with Crippen LogP contribution in [0.4, 0.5) is 0 Å². The topological polar surface area (TPSA) is 69.0 Å². The van der Waals surface area contributed by atoms with Crippen molar-refractivity contribution in [2.24, 2.45) is 0 Å². The van der Waals surface area contributed by atoms with Gasteiger partial charge in [0.15, 0.2) is 5.16 Å². The van der Waals surface area contributed by atoms with Gasteiger partial charge >= 0.3 is 0 Å². The number of ether oxygens (including phenoxy) is 1. The number of amides is 1. The average molecular weight is 423 g/mol. The highest BCUT2D eigenvalue weighted by atomic mass is 32.2. The van der Waals surface area contributed by atoms with E-state index in [9.17, 15) is 4.79 Å². The third kappa shape index (κ3) is 4.84. The second kappa shape index (κ2) is 9.80. The van der Waals surface area contributed by atoms with Crippen molar-refractivity contribution < 1.29 is 9.53 Å². The molecule has 0 radical (unpaired) electrons. The zero-order valence-electron chi connectivity index (χ0n) is 17.1. The number of carbonyl (C=O) groups is 1. The van der Waals surface area contributed by atoms with Gasteiger partial charge in [-0.3, -0.25) is 9.36 Å². The third-order valence-electron chi connectivity index (χ3n) is 5.04. The molecule has 4 rings (SSSR count). The van der Waals surface area contributed by atoms with Gasteiger partial charge in [-0.15, -0.1) is 10.2 Å². The van der Waals surface area contributed by atoms with Crippen LogP contribution in [0.2, 0.25) is 0 Å². The zero-order valence-corrected chi connectivity index (χ0v) is 17.9. The van der Waals surface area contributed by atoms with Gasteiger partial charge in [-0.05, 0) is 49.6 Å². The van der Waals surface area contributed by atoms with Crippen LogP contribution in [0.25, 0.3) is 5.69 Å². The molecule has 156 valence electrons. The Balaban J connectivity index is 1.67. The van der Waals surface area contributed by atoms with Crippen molar-refractivity contribution in [2.75, 3.05) is 13.2 Å². The van der Waals surface area contributed by atoms with E-state index in [1.54, 1.807) is 0 Å². The summed E-state index contributed by atoms with van der Waals surface area (Å²) < 4.78 is 7.65. The highest BCUT2D eigenvalue weighted by molar-refractivity contribution is 8.00. The number of benzene rings is 2. The first-order valence-electron chi connectivity index (χ1n) is 10.4. The minimum Gasteiger partial charge on any atom is -0.494 e. The molecule has 30 heavy (non-hydrogen) atoms. The number of hydrogen-bond acceptors (Lipinski definition) is 5. The normalized spacial score (nSPS) is 16.7. The van der Waals surface area contributed by atoms with E-state index in [0.29, 0.717) is 13.0 Å². The molecule has 1 fully saturated rings. The first-order valence-corrected chi connectivity index (χ1v) is 11.3. The van der Waals surface area contributed by atoms with E-state index in [4.69, 9.17) is 4.74 Å². The van der Waals surface area contributed by atoms with E-state index in [-0.39, 0.29) is 11.2 Å². The molecule has 1 aliphatic rings. The Hall–Kier alpha value is -2.80. The molecule has 1 amide bonds. The number of thioether (sulfide) groups is 1. The summed E-state index contributed by atoms with van der Waals surface area (Å²) in [5.74, 6) is 1.77. The molecule has 1 aliphatic heterocycles. The number of hydrogen-bond donors (Lipinski definition) is 1. The highest BCUT2D eigenvalue weighted by Crippen LogP contribution is 2.30. The second-order valence-electron chi connectivity index (χ2n) is 7.22. The summed E-state index contributed by atoms with van der Waals surface area (Å²) in [6, 6.07) is 18.2. The van der Waals surface area contributed by atoms with Crippen molar-refractivity contribution in [1.82, 2.24) is 20.1 Å². The summed E-state index contributed by atoms with van der Waals surface area (Å²) in [6.45, 7) is 3.35. The van der Waals surface area contributed by atoms with Crippen LogP contribution < -0.4 is 10.1 Å². The van der Waals surface area contributed by atoms with Gasteiger partial charge in [0.05, 0.1) is 11.9 Å². The zero-order chi connectivity index (χ0) is 20.8. The maximum absolute atomic E-state index is 12.5. The minimum atomic E-state index is -0.150. The maximum Gasteiger partial charge on any atom is 0.233 e. The molecular formula is C23H26N4O2S. The van der Waals surface area contributed by atoms with E-state index in [2.05, 4.69) is 32.2 Å². The third-order valence-corrected chi connectivity index (χ3v) is 6.25. The SMILES string of the molecule is CCOc1ccc(-n2c(Cc3ccccc3)nnc2S[C@@H]2CCCCNC2=O)cc1. The van der Waals surface area contributed by atoms with Crippen LogP contribution in [0.1, 0.15) is 37.6 Å². The van der Waals surface area contributed by atoms with E-state index >= 15 is 0 Å². The molecule has 1 saturated heterocycles. The molecule has 0 saturated carbocycles. The fourth-order valence-electron chi connectivity index (χ4n) is 3.54. The van der Waals surface area contributed by atoms with Crippen LogP contribution in [-0.4, -0.2) is 39.1 Å². The number of nitrogens with one attached hydrogen (secondary N) is 1. The summed E-state index contributed by atoms with van der Waals surface area (Å²) in [5.41, 5.74) is 2.13. The molecule has 1 atom stereocenters. The molecule has 0 unspecified atom stereocenters. The smallest absolute Gasteiger partial charge is 0.233 e. The summed E-state index contributed by atoms with van der Waals surface area (Å²) in [5, 5.41) is 12.6. The quantitative estimate of drug-likeness (QED) is 0.623. The molecule has 1 N–H and O–H groups in total. The summed E-state index contributed by atoms with van der Waals surface area (Å²) in [4.78, 5) is 12.5. The van der Waals surface area contributed by atoms with Crippen molar-refractivity contribution in [3.05, 3.63) is 66.0 Å². The Labute approximate surface area is 181 Å². The first-order chi connectivity index (χ1) is 14.7. The average Bonchev–Trinajstić information content (AvgIpc) is 3.04. The number of rotatable bonds is 7. The first kappa shape index (κ1) is 20.5. The molecule has 0 aliphatic carbocycles. The lowest BCUT2D eigenvalue weighted by Crippen LogP contribution is -2.30. The fraction of sp³-hybridized carbons (Fsp3) is 0.348. The second-order valence-corrected chi connectivity index (χ2v) is 8.39. The van der Waals surface area contributed by atoms with Gasteiger partial charge in [0.25, 0.3) is 0 Å². The van der Waals surface area contributed by atoms with Crippen LogP contribution in [0.3, 0.4) is 0 Å². The lowest BCUT2D eigenvalue weighted by molar-refractivity contribution is -0.120. The molecule has 2 heterocycles. The van der Waals surface area contributed by atoms with Crippen LogP contribution in [-0.2, 0) is 11.2 Å². The van der Waals surface area contributed by atoms with Crippen molar-refractivity contribution in [1.29, 1.82) is 0 Å². The Bertz CT molecular complexity index is 973. The van der Waals surface area contributed by atoms with Gasteiger partial charge in [-0.2, -0.15) is 0 Å². The van der Waals surface area contributed by atoms with E-state index in [0.717, 1.165) is 48.2 Å². The monoisotopic (exact) mass is 422 g/mol. The Kier molecular flexibility index (Phi) is 6.69. The molecule has 1 aromatic heterocycles. The molecule has 6 nitrogen and oxygen atoms in total.